The van der Waals surface area contributed by atoms with Crippen LogP contribution < -0.4 is 4.90 Å². The third-order valence-electron chi connectivity index (χ3n) is 11.3. The zero-order chi connectivity index (χ0) is 35.6. The molecule has 0 spiro atoms. The second-order valence-corrected chi connectivity index (χ2v) is 15.4. The quantitative estimate of drug-likeness (QED) is 0.177. The van der Waals surface area contributed by atoms with Crippen molar-refractivity contribution >= 4 is 70.5 Å². The molecule has 0 saturated carbocycles. The second kappa shape index (κ2) is 12.6. The summed E-state index contributed by atoms with van der Waals surface area (Å²) in [4.78, 5) is 2.42. The predicted octanol–water partition coefficient (Wildman–Crippen LogP) is 14.8. The van der Waals surface area contributed by atoms with E-state index in [2.05, 4.69) is 187 Å². The van der Waals surface area contributed by atoms with Crippen molar-refractivity contribution in [2.24, 2.45) is 0 Å². The van der Waals surface area contributed by atoms with Gasteiger partial charge in [-0.3, -0.25) is 0 Å². The van der Waals surface area contributed by atoms with E-state index in [0.29, 0.717) is 0 Å². The summed E-state index contributed by atoms with van der Waals surface area (Å²) in [6.07, 6.45) is 1.96. The molecular formula is C51H35NOS. The lowest BCUT2D eigenvalue weighted by molar-refractivity contribution is 0.667. The van der Waals surface area contributed by atoms with E-state index in [0.717, 1.165) is 40.8 Å². The van der Waals surface area contributed by atoms with E-state index in [-0.39, 0.29) is 5.92 Å². The second-order valence-electron chi connectivity index (χ2n) is 14.3. The third kappa shape index (κ3) is 4.93. The molecule has 256 valence electrons. The van der Waals surface area contributed by atoms with Gasteiger partial charge in [0, 0.05) is 49.1 Å². The highest BCUT2D eigenvalue weighted by Gasteiger charge is 2.29. The molecular weight excluding hydrogens is 675 g/mol. The molecule has 1 unspecified atom stereocenters. The fourth-order valence-corrected chi connectivity index (χ4v) is 10.1. The Hall–Kier alpha value is -6.42. The molecule has 1 atom stereocenters. The monoisotopic (exact) mass is 709 g/mol. The van der Waals surface area contributed by atoms with Crippen molar-refractivity contribution in [2.75, 3.05) is 4.90 Å². The first-order chi connectivity index (χ1) is 26.8. The van der Waals surface area contributed by atoms with Gasteiger partial charge in [-0.2, -0.15) is 0 Å². The zero-order valence-corrected chi connectivity index (χ0v) is 30.4. The summed E-state index contributed by atoms with van der Waals surface area (Å²) in [7, 11) is 0. The summed E-state index contributed by atoms with van der Waals surface area (Å²) >= 11 is 1.87. The van der Waals surface area contributed by atoms with Crippen LogP contribution in [0.15, 0.2) is 186 Å². The molecule has 0 bridgehead atoms. The number of nitrogens with zero attached hydrogens (tertiary/aromatic N) is 1. The average molecular weight is 710 g/mol. The normalized spacial score (nSPS) is 14.0. The van der Waals surface area contributed by atoms with Crippen LogP contribution in [0.1, 0.15) is 29.0 Å². The summed E-state index contributed by atoms with van der Waals surface area (Å²) < 4.78 is 9.18. The molecule has 0 saturated heterocycles. The third-order valence-corrected chi connectivity index (χ3v) is 12.5. The number of anilines is 3. The van der Waals surface area contributed by atoms with Crippen LogP contribution in [-0.4, -0.2) is 0 Å². The van der Waals surface area contributed by atoms with Crippen LogP contribution in [0, 0.1) is 0 Å². The Kier molecular flexibility index (Phi) is 7.27. The van der Waals surface area contributed by atoms with Crippen molar-refractivity contribution in [3.8, 4) is 22.3 Å². The van der Waals surface area contributed by atoms with Gasteiger partial charge in [-0.05, 0) is 94.8 Å². The van der Waals surface area contributed by atoms with Gasteiger partial charge < -0.3 is 9.32 Å². The van der Waals surface area contributed by atoms with Crippen LogP contribution in [0.2, 0.25) is 0 Å². The molecule has 2 aromatic heterocycles. The highest BCUT2D eigenvalue weighted by Crippen LogP contribution is 2.50. The molecule has 2 nitrogen and oxygen atoms in total. The molecule has 0 fully saturated rings. The summed E-state index contributed by atoms with van der Waals surface area (Å²) in [6, 6.07) is 66.4. The van der Waals surface area contributed by atoms with Gasteiger partial charge in [0.15, 0.2) is 0 Å². The number of thiophene rings is 1. The largest absolute Gasteiger partial charge is 0.456 e. The number of aryl methyl sites for hydroxylation is 1. The van der Waals surface area contributed by atoms with Gasteiger partial charge in [0.2, 0.25) is 0 Å². The maximum atomic E-state index is 6.57. The molecule has 2 heterocycles. The highest BCUT2D eigenvalue weighted by atomic mass is 32.1. The van der Waals surface area contributed by atoms with E-state index in [1.165, 1.54) is 70.2 Å². The van der Waals surface area contributed by atoms with E-state index < -0.39 is 0 Å². The molecule has 0 aliphatic heterocycles. The van der Waals surface area contributed by atoms with Crippen molar-refractivity contribution in [1.29, 1.82) is 0 Å². The fraction of sp³-hybridized carbons (Fsp3) is 0.0588. The van der Waals surface area contributed by atoms with Crippen LogP contribution in [-0.2, 0) is 6.42 Å². The van der Waals surface area contributed by atoms with E-state index >= 15 is 0 Å². The van der Waals surface area contributed by atoms with Gasteiger partial charge in [-0.15, -0.1) is 11.3 Å². The topological polar surface area (TPSA) is 16.4 Å². The highest BCUT2D eigenvalue weighted by molar-refractivity contribution is 7.26. The number of hydrogen-bond donors (Lipinski definition) is 0. The number of furan rings is 1. The number of hydrogen-bond acceptors (Lipinski definition) is 3. The van der Waals surface area contributed by atoms with Crippen LogP contribution in [0.3, 0.4) is 0 Å². The standard InChI is InChI=1S/C51H35NOS/c1-3-14-34(15-4-1)49-48-35(32-46-50(49)43-21-9-11-24-45(43)53-46)28-31-38(39-18-7-8-20-41(39)48)33-26-29-37(30-27-33)52(36-16-5-2-6-17-36)44-23-13-22-42-40-19-10-12-25-47(40)54-51(42)44/h1-27,29-30,32,38H,28,31H2. The van der Waals surface area contributed by atoms with Crippen LogP contribution in [0.25, 0.3) is 64.4 Å². The SMILES string of the molecule is c1ccc(-c2c3c(cc4oc5ccccc5c24)CCC(c2ccc(N(c4ccccc4)c4cccc5c4sc4ccccc45)cc2)c2ccccc2-3)cc1. The molecule has 8 aromatic carbocycles. The van der Waals surface area contributed by atoms with Crippen molar-refractivity contribution in [3.63, 3.8) is 0 Å². The van der Waals surface area contributed by atoms with Crippen LogP contribution in [0.5, 0.6) is 0 Å². The van der Waals surface area contributed by atoms with E-state index in [4.69, 9.17) is 4.42 Å². The molecule has 0 amide bonds. The summed E-state index contributed by atoms with van der Waals surface area (Å²) in [5, 5.41) is 4.97. The summed E-state index contributed by atoms with van der Waals surface area (Å²) in [5.41, 5.74) is 14.6. The van der Waals surface area contributed by atoms with Gasteiger partial charge in [0.1, 0.15) is 11.2 Å². The van der Waals surface area contributed by atoms with Crippen molar-refractivity contribution in [1.82, 2.24) is 0 Å². The van der Waals surface area contributed by atoms with Crippen molar-refractivity contribution < 1.29 is 4.42 Å². The van der Waals surface area contributed by atoms with E-state index in [1.54, 1.807) is 0 Å². The molecule has 1 aliphatic rings. The van der Waals surface area contributed by atoms with Crippen LogP contribution >= 0.6 is 11.3 Å². The number of rotatable bonds is 5. The fourth-order valence-electron chi connectivity index (χ4n) is 8.94. The molecule has 1 aliphatic carbocycles. The van der Waals surface area contributed by atoms with E-state index in [9.17, 15) is 0 Å². The first-order valence-electron chi connectivity index (χ1n) is 18.8. The van der Waals surface area contributed by atoms with Crippen LogP contribution in [0.4, 0.5) is 17.1 Å². The maximum Gasteiger partial charge on any atom is 0.136 e. The minimum atomic E-state index is 0.241. The summed E-state index contributed by atoms with van der Waals surface area (Å²) in [6.45, 7) is 0. The number of benzene rings is 8. The predicted molar refractivity (Wildman–Crippen MR) is 229 cm³/mol. The minimum Gasteiger partial charge on any atom is -0.456 e. The smallest absolute Gasteiger partial charge is 0.136 e. The molecule has 0 N–H and O–H groups in total. The Labute approximate surface area is 318 Å². The number of fused-ring (bicyclic) bond motifs is 9. The Balaban J connectivity index is 1.06. The van der Waals surface area contributed by atoms with Crippen molar-refractivity contribution in [2.45, 2.75) is 18.8 Å². The summed E-state index contributed by atoms with van der Waals surface area (Å²) in [5.74, 6) is 0.241. The van der Waals surface area contributed by atoms with Gasteiger partial charge >= 0.3 is 0 Å². The molecule has 11 rings (SSSR count). The Bertz CT molecular complexity index is 2990. The minimum absolute atomic E-state index is 0.241. The average Bonchev–Trinajstić information content (AvgIpc) is 3.76. The molecule has 0 radical (unpaired) electrons. The van der Waals surface area contributed by atoms with E-state index in [1.807, 2.05) is 11.3 Å². The van der Waals surface area contributed by atoms with Crippen molar-refractivity contribution in [3.05, 3.63) is 199 Å². The van der Waals surface area contributed by atoms with Gasteiger partial charge in [-0.25, -0.2) is 0 Å². The lowest BCUT2D eigenvalue weighted by Crippen LogP contribution is -2.10. The van der Waals surface area contributed by atoms with Gasteiger partial charge in [-0.1, -0.05) is 133 Å². The zero-order valence-electron chi connectivity index (χ0n) is 29.6. The van der Waals surface area contributed by atoms with Gasteiger partial charge in [0.25, 0.3) is 0 Å². The Morgan fingerprint density at radius 3 is 2.07 bits per heavy atom. The lowest BCUT2D eigenvalue weighted by atomic mass is 9.83. The molecule has 10 aromatic rings. The Morgan fingerprint density at radius 1 is 0.537 bits per heavy atom. The number of para-hydroxylation sites is 2. The Morgan fingerprint density at radius 2 is 1.22 bits per heavy atom. The first-order valence-corrected chi connectivity index (χ1v) is 19.6. The molecule has 3 heteroatoms. The van der Waals surface area contributed by atoms with Gasteiger partial charge in [0.05, 0.1) is 10.4 Å². The maximum absolute atomic E-state index is 6.57. The lowest BCUT2D eigenvalue weighted by Gasteiger charge is -2.27. The first kappa shape index (κ1) is 31.1. The molecule has 54 heavy (non-hydrogen) atoms.